The number of amides is 2. The SMILES string of the molecule is CCCN(CC1CC1)C(=O)NCC. The molecule has 0 aromatic carbocycles. The summed E-state index contributed by atoms with van der Waals surface area (Å²) < 4.78 is 0. The summed E-state index contributed by atoms with van der Waals surface area (Å²) in [5, 5.41) is 2.85. The highest BCUT2D eigenvalue weighted by Gasteiger charge is 2.25. The molecule has 0 saturated heterocycles. The molecule has 0 unspecified atom stereocenters. The van der Waals surface area contributed by atoms with Gasteiger partial charge in [0, 0.05) is 19.6 Å². The van der Waals surface area contributed by atoms with E-state index in [1.165, 1.54) is 12.8 Å². The van der Waals surface area contributed by atoms with Crippen molar-refractivity contribution in [2.24, 2.45) is 5.92 Å². The molecule has 3 nitrogen and oxygen atoms in total. The normalized spacial score (nSPS) is 15.5. The summed E-state index contributed by atoms with van der Waals surface area (Å²) in [5.74, 6) is 0.786. The van der Waals surface area contributed by atoms with Gasteiger partial charge in [0.15, 0.2) is 0 Å². The number of hydrogen-bond donors (Lipinski definition) is 1. The fourth-order valence-electron chi connectivity index (χ4n) is 1.42. The Morgan fingerprint density at radius 1 is 1.46 bits per heavy atom. The first-order chi connectivity index (χ1) is 6.27. The van der Waals surface area contributed by atoms with Gasteiger partial charge in [-0.3, -0.25) is 0 Å². The molecule has 1 fully saturated rings. The zero-order chi connectivity index (χ0) is 9.68. The van der Waals surface area contributed by atoms with Gasteiger partial charge in [0.25, 0.3) is 0 Å². The van der Waals surface area contributed by atoms with Crippen molar-refractivity contribution in [1.29, 1.82) is 0 Å². The van der Waals surface area contributed by atoms with Crippen molar-refractivity contribution in [1.82, 2.24) is 10.2 Å². The first-order valence-corrected chi connectivity index (χ1v) is 5.30. The number of rotatable bonds is 5. The van der Waals surface area contributed by atoms with Gasteiger partial charge in [0.1, 0.15) is 0 Å². The van der Waals surface area contributed by atoms with Crippen molar-refractivity contribution < 1.29 is 4.79 Å². The van der Waals surface area contributed by atoms with Crippen molar-refractivity contribution in [3.05, 3.63) is 0 Å². The van der Waals surface area contributed by atoms with E-state index in [0.717, 1.165) is 32.0 Å². The quantitative estimate of drug-likeness (QED) is 0.694. The highest BCUT2D eigenvalue weighted by atomic mass is 16.2. The summed E-state index contributed by atoms with van der Waals surface area (Å²) in [6.07, 6.45) is 3.66. The molecule has 76 valence electrons. The molecule has 3 heteroatoms. The number of nitrogens with one attached hydrogen (secondary N) is 1. The molecule has 2 amide bonds. The van der Waals surface area contributed by atoms with E-state index >= 15 is 0 Å². The average Bonchev–Trinajstić information content (AvgIpc) is 2.88. The van der Waals surface area contributed by atoms with Crippen molar-refractivity contribution in [2.75, 3.05) is 19.6 Å². The third-order valence-electron chi connectivity index (χ3n) is 2.28. The fraction of sp³-hybridized carbons (Fsp3) is 0.900. The Morgan fingerprint density at radius 3 is 2.62 bits per heavy atom. The van der Waals surface area contributed by atoms with E-state index in [2.05, 4.69) is 12.2 Å². The predicted molar refractivity (Wildman–Crippen MR) is 53.7 cm³/mol. The van der Waals surface area contributed by atoms with E-state index in [1.807, 2.05) is 11.8 Å². The maximum Gasteiger partial charge on any atom is 0.317 e. The lowest BCUT2D eigenvalue weighted by atomic mass is 10.3. The van der Waals surface area contributed by atoms with Gasteiger partial charge >= 0.3 is 6.03 Å². The molecule has 0 radical (unpaired) electrons. The molecule has 13 heavy (non-hydrogen) atoms. The highest BCUT2D eigenvalue weighted by molar-refractivity contribution is 5.74. The van der Waals surface area contributed by atoms with Crippen molar-refractivity contribution in [3.8, 4) is 0 Å². The topological polar surface area (TPSA) is 32.3 Å². The average molecular weight is 184 g/mol. The lowest BCUT2D eigenvalue weighted by molar-refractivity contribution is 0.196. The molecule has 0 atom stereocenters. The van der Waals surface area contributed by atoms with Gasteiger partial charge in [-0.15, -0.1) is 0 Å². The van der Waals surface area contributed by atoms with Gasteiger partial charge in [0.05, 0.1) is 0 Å². The number of urea groups is 1. The van der Waals surface area contributed by atoms with Crippen LogP contribution in [0.5, 0.6) is 0 Å². The summed E-state index contributed by atoms with van der Waals surface area (Å²) in [4.78, 5) is 13.5. The molecule has 0 spiro atoms. The molecule has 0 bridgehead atoms. The van der Waals surface area contributed by atoms with Crippen LogP contribution in [0.3, 0.4) is 0 Å². The van der Waals surface area contributed by atoms with Gasteiger partial charge in [0.2, 0.25) is 0 Å². The molecule has 1 aliphatic rings. The van der Waals surface area contributed by atoms with Crippen LogP contribution in [-0.4, -0.2) is 30.6 Å². The van der Waals surface area contributed by atoms with E-state index in [0.29, 0.717) is 0 Å². The van der Waals surface area contributed by atoms with Crippen LogP contribution >= 0.6 is 0 Å². The van der Waals surface area contributed by atoms with Gasteiger partial charge < -0.3 is 10.2 Å². The Kier molecular flexibility index (Phi) is 4.06. The molecule has 0 aliphatic heterocycles. The minimum absolute atomic E-state index is 0.108. The zero-order valence-electron chi connectivity index (χ0n) is 8.68. The van der Waals surface area contributed by atoms with Gasteiger partial charge in [-0.25, -0.2) is 4.79 Å². The van der Waals surface area contributed by atoms with E-state index in [1.54, 1.807) is 0 Å². The predicted octanol–water partition coefficient (Wildman–Crippen LogP) is 1.84. The second kappa shape index (κ2) is 5.10. The maximum absolute atomic E-state index is 11.5. The highest BCUT2D eigenvalue weighted by Crippen LogP contribution is 2.29. The van der Waals surface area contributed by atoms with Crippen LogP contribution in [0.4, 0.5) is 4.79 Å². The summed E-state index contributed by atoms with van der Waals surface area (Å²) >= 11 is 0. The monoisotopic (exact) mass is 184 g/mol. The molecule has 0 aromatic heterocycles. The van der Waals surface area contributed by atoms with Crippen molar-refractivity contribution >= 4 is 6.03 Å². The number of hydrogen-bond acceptors (Lipinski definition) is 1. The van der Waals surface area contributed by atoms with Crippen LogP contribution in [0.25, 0.3) is 0 Å². The van der Waals surface area contributed by atoms with E-state index in [4.69, 9.17) is 0 Å². The molecule has 0 aromatic rings. The first kappa shape index (κ1) is 10.4. The van der Waals surface area contributed by atoms with E-state index < -0.39 is 0 Å². The Morgan fingerprint density at radius 2 is 2.15 bits per heavy atom. The Bertz CT molecular complexity index is 166. The number of carbonyl (C=O) groups is 1. The van der Waals surface area contributed by atoms with Crippen LogP contribution in [0, 0.1) is 5.92 Å². The van der Waals surface area contributed by atoms with Crippen LogP contribution in [0.2, 0.25) is 0 Å². The molecule has 1 N–H and O–H groups in total. The first-order valence-electron chi connectivity index (χ1n) is 5.30. The maximum atomic E-state index is 11.5. The molecular formula is C10H20N2O. The third-order valence-corrected chi connectivity index (χ3v) is 2.28. The minimum Gasteiger partial charge on any atom is -0.338 e. The summed E-state index contributed by atoms with van der Waals surface area (Å²) in [5.41, 5.74) is 0. The standard InChI is InChI=1S/C10H20N2O/c1-3-7-12(8-9-5-6-9)10(13)11-4-2/h9H,3-8H2,1-2H3,(H,11,13). The second-order valence-corrected chi connectivity index (χ2v) is 3.72. The summed E-state index contributed by atoms with van der Waals surface area (Å²) in [6.45, 7) is 6.64. The molecule has 1 rings (SSSR count). The second-order valence-electron chi connectivity index (χ2n) is 3.72. The summed E-state index contributed by atoms with van der Waals surface area (Å²) in [7, 11) is 0. The number of nitrogens with zero attached hydrogens (tertiary/aromatic N) is 1. The Hall–Kier alpha value is -0.730. The van der Waals surface area contributed by atoms with E-state index in [9.17, 15) is 4.79 Å². The van der Waals surface area contributed by atoms with Crippen LogP contribution in [-0.2, 0) is 0 Å². The fourth-order valence-corrected chi connectivity index (χ4v) is 1.42. The lowest BCUT2D eigenvalue weighted by Gasteiger charge is -2.21. The molecule has 1 aliphatic carbocycles. The molecule has 0 heterocycles. The third kappa shape index (κ3) is 3.66. The molecule has 1 saturated carbocycles. The van der Waals surface area contributed by atoms with E-state index in [-0.39, 0.29) is 6.03 Å². The van der Waals surface area contributed by atoms with Gasteiger partial charge in [-0.1, -0.05) is 6.92 Å². The minimum atomic E-state index is 0.108. The number of carbonyl (C=O) groups excluding carboxylic acids is 1. The zero-order valence-corrected chi connectivity index (χ0v) is 8.68. The van der Waals surface area contributed by atoms with Crippen LogP contribution < -0.4 is 5.32 Å². The van der Waals surface area contributed by atoms with Gasteiger partial charge in [-0.2, -0.15) is 0 Å². The van der Waals surface area contributed by atoms with Crippen molar-refractivity contribution in [3.63, 3.8) is 0 Å². The van der Waals surface area contributed by atoms with Crippen LogP contribution in [0.15, 0.2) is 0 Å². The Labute approximate surface area is 80.5 Å². The Balaban J connectivity index is 2.29. The van der Waals surface area contributed by atoms with Crippen LogP contribution in [0.1, 0.15) is 33.1 Å². The smallest absolute Gasteiger partial charge is 0.317 e. The molecular weight excluding hydrogens is 164 g/mol. The van der Waals surface area contributed by atoms with Gasteiger partial charge in [-0.05, 0) is 32.1 Å². The lowest BCUT2D eigenvalue weighted by Crippen LogP contribution is -2.41. The largest absolute Gasteiger partial charge is 0.338 e. The summed E-state index contributed by atoms with van der Waals surface area (Å²) in [6, 6.07) is 0.108. The van der Waals surface area contributed by atoms with Crippen molar-refractivity contribution in [2.45, 2.75) is 33.1 Å².